The molecule has 0 saturated carbocycles. The van der Waals surface area contributed by atoms with Crippen LogP contribution in [-0.2, 0) is 0 Å². The Kier molecular flexibility index (Phi) is 5.68. The van der Waals surface area contributed by atoms with E-state index in [4.69, 9.17) is 4.98 Å². The number of nitrogens with one attached hydrogen (secondary N) is 1. The Bertz CT molecular complexity index is 1160. The molecule has 2 heterocycles. The van der Waals surface area contributed by atoms with Crippen LogP contribution in [0.4, 0.5) is 21.6 Å². The number of fused-ring (bicyclic) bond motifs is 1. The molecule has 154 valence electrons. The summed E-state index contributed by atoms with van der Waals surface area (Å²) in [5, 5.41) is 4.46. The van der Waals surface area contributed by atoms with Gasteiger partial charge in [-0.3, -0.25) is 0 Å². The second-order valence-corrected chi connectivity index (χ2v) is 8.39. The van der Waals surface area contributed by atoms with Crippen molar-refractivity contribution < 1.29 is 4.39 Å². The maximum Gasteiger partial charge on any atom is 0.143 e. The molecule has 4 nitrogen and oxygen atoms in total. The molecule has 0 fully saturated rings. The Morgan fingerprint density at radius 2 is 1.60 bits per heavy atom. The third-order valence-corrected chi connectivity index (χ3v) is 6.23. The molecule has 2 aromatic heterocycles. The van der Waals surface area contributed by atoms with Gasteiger partial charge in [-0.15, -0.1) is 11.3 Å². The van der Waals surface area contributed by atoms with E-state index < -0.39 is 0 Å². The number of halogens is 1. The normalized spacial score (nSPS) is 11.1. The quantitative estimate of drug-likeness (QED) is 0.377. The summed E-state index contributed by atoms with van der Waals surface area (Å²) in [4.78, 5) is 13.7. The summed E-state index contributed by atoms with van der Waals surface area (Å²) in [6.45, 7) is 10.2. The summed E-state index contributed by atoms with van der Waals surface area (Å²) >= 11 is 1.64. The molecule has 0 radical (unpaired) electrons. The number of anilines is 3. The molecule has 0 unspecified atom stereocenters. The van der Waals surface area contributed by atoms with E-state index in [1.54, 1.807) is 11.3 Å². The van der Waals surface area contributed by atoms with Crippen LogP contribution in [0.15, 0.2) is 48.5 Å². The molecule has 4 rings (SSSR count). The summed E-state index contributed by atoms with van der Waals surface area (Å²) in [5.74, 6) is 1.25. The maximum absolute atomic E-state index is 13.5. The van der Waals surface area contributed by atoms with Gasteiger partial charge in [0, 0.05) is 34.9 Å². The van der Waals surface area contributed by atoms with Gasteiger partial charge in [-0.05, 0) is 69.7 Å². The van der Waals surface area contributed by atoms with Crippen molar-refractivity contribution in [3.8, 4) is 11.1 Å². The second kappa shape index (κ2) is 8.40. The summed E-state index contributed by atoms with van der Waals surface area (Å²) in [6, 6.07) is 15.0. The van der Waals surface area contributed by atoms with Gasteiger partial charge in [0.1, 0.15) is 22.3 Å². The van der Waals surface area contributed by atoms with Gasteiger partial charge < -0.3 is 10.2 Å². The predicted octanol–water partition coefficient (Wildman–Crippen LogP) is 6.70. The zero-order valence-corrected chi connectivity index (χ0v) is 18.5. The van der Waals surface area contributed by atoms with E-state index in [1.807, 2.05) is 19.1 Å². The fraction of sp³-hybridized carbons (Fsp3) is 0.250. The monoisotopic (exact) mass is 420 g/mol. The van der Waals surface area contributed by atoms with Crippen molar-refractivity contribution in [1.82, 2.24) is 9.97 Å². The van der Waals surface area contributed by atoms with Crippen LogP contribution in [0.2, 0.25) is 0 Å². The van der Waals surface area contributed by atoms with E-state index in [0.29, 0.717) is 0 Å². The lowest BCUT2D eigenvalue weighted by molar-refractivity contribution is 0.628. The second-order valence-electron chi connectivity index (χ2n) is 7.18. The Morgan fingerprint density at radius 3 is 2.23 bits per heavy atom. The molecule has 30 heavy (non-hydrogen) atoms. The Balaban J connectivity index is 1.78. The molecular weight excluding hydrogens is 395 g/mol. The van der Waals surface area contributed by atoms with Crippen molar-refractivity contribution in [2.24, 2.45) is 0 Å². The molecule has 0 aliphatic heterocycles. The van der Waals surface area contributed by atoms with Crippen molar-refractivity contribution in [3.63, 3.8) is 0 Å². The van der Waals surface area contributed by atoms with Crippen molar-refractivity contribution in [2.45, 2.75) is 27.7 Å². The lowest BCUT2D eigenvalue weighted by Gasteiger charge is -2.21. The van der Waals surface area contributed by atoms with Gasteiger partial charge in [0.2, 0.25) is 0 Å². The SMILES string of the molecule is CCN(CC)c1ccc(Nc2nc(C)nc3sc(C)c(-c4ccc(F)cc4)c23)cc1. The fourth-order valence-corrected chi connectivity index (χ4v) is 4.84. The van der Waals surface area contributed by atoms with Gasteiger partial charge in [0.05, 0.1) is 5.39 Å². The topological polar surface area (TPSA) is 41.0 Å². The summed E-state index contributed by atoms with van der Waals surface area (Å²) in [6.07, 6.45) is 0. The van der Waals surface area contributed by atoms with Crippen LogP contribution in [0.3, 0.4) is 0 Å². The highest BCUT2D eigenvalue weighted by molar-refractivity contribution is 7.19. The zero-order valence-electron chi connectivity index (χ0n) is 17.7. The van der Waals surface area contributed by atoms with Crippen LogP contribution in [0.1, 0.15) is 24.5 Å². The minimum absolute atomic E-state index is 0.241. The highest BCUT2D eigenvalue weighted by Crippen LogP contribution is 2.41. The fourth-order valence-electron chi connectivity index (χ4n) is 3.75. The molecule has 0 saturated heterocycles. The van der Waals surface area contributed by atoms with Crippen LogP contribution in [0.5, 0.6) is 0 Å². The van der Waals surface area contributed by atoms with Gasteiger partial charge in [0.25, 0.3) is 0 Å². The van der Waals surface area contributed by atoms with Crippen LogP contribution in [0, 0.1) is 19.7 Å². The third kappa shape index (κ3) is 3.87. The molecule has 0 aliphatic carbocycles. The third-order valence-electron chi connectivity index (χ3n) is 5.23. The van der Waals surface area contributed by atoms with Gasteiger partial charge in [0.15, 0.2) is 0 Å². The van der Waals surface area contributed by atoms with E-state index in [9.17, 15) is 4.39 Å². The number of benzene rings is 2. The van der Waals surface area contributed by atoms with Gasteiger partial charge >= 0.3 is 0 Å². The van der Waals surface area contributed by atoms with E-state index >= 15 is 0 Å². The van der Waals surface area contributed by atoms with Gasteiger partial charge in [-0.25, -0.2) is 14.4 Å². The number of hydrogen-bond donors (Lipinski definition) is 1. The maximum atomic E-state index is 13.5. The molecule has 6 heteroatoms. The largest absolute Gasteiger partial charge is 0.372 e. The molecule has 0 atom stereocenters. The van der Waals surface area contributed by atoms with Crippen LogP contribution in [0.25, 0.3) is 21.3 Å². The predicted molar refractivity (Wildman–Crippen MR) is 126 cm³/mol. The number of rotatable bonds is 6. The number of thiophene rings is 1. The van der Waals surface area contributed by atoms with E-state index in [2.05, 4.69) is 60.2 Å². The first-order chi connectivity index (χ1) is 14.5. The molecule has 0 aliphatic rings. The summed E-state index contributed by atoms with van der Waals surface area (Å²) in [7, 11) is 0. The van der Waals surface area contributed by atoms with Crippen molar-refractivity contribution in [1.29, 1.82) is 0 Å². The van der Waals surface area contributed by atoms with E-state index in [1.165, 1.54) is 17.8 Å². The molecule has 0 spiro atoms. The Morgan fingerprint density at radius 1 is 0.933 bits per heavy atom. The molecule has 2 aromatic carbocycles. The first-order valence-electron chi connectivity index (χ1n) is 10.2. The number of nitrogens with zero attached hydrogens (tertiary/aromatic N) is 3. The van der Waals surface area contributed by atoms with Crippen LogP contribution < -0.4 is 10.2 Å². The number of aryl methyl sites for hydroxylation is 2. The molecule has 0 amide bonds. The first kappa shape index (κ1) is 20.3. The van der Waals surface area contributed by atoms with E-state index in [0.717, 1.165) is 56.6 Å². The molecular formula is C24H25FN4S. The minimum atomic E-state index is -0.241. The molecule has 4 aromatic rings. The average Bonchev–Trinajstić information content (AvgIpc) is 3.06. The standard InChI is InChI=1S/C24H25FN4S/c1-5-29(6-2)20-13-11-19(12-14-20)28-23-22-21(17-7-9-18(25)10-8-17)15(3)30-24(22)27-16(4)26-23/h7-14H,5-6H2,1-4H3,(H,26,27,28). The van der Waals surface area contributed by atoms with E-state index in [-0.39, 0.29) is 5.82 Å². The molecule has 0 bridgehead atoms. The van der Waals surface area contributed by atoms with Crippen LogP contribution in [-0.4, -0.2) is 23.1 Å². The smallest absolute Gasteiger partial charge is 0.143 e. The first-order valence-corrected chi connectivity index (χ1v) is 11.0. The zero-order chi connectivity index (χ0) is 21.3. The van der Waals surface area contributed by atoms with Crippen LogP contribution >= 0.6 is 11.3 Å². The lowest BCUT2D eigenvalue weighted by Crippen LogP contribution is -2.21. The Hall–Kier alpha value is -2.99. The summed E-state index contributed by atoms with van der Waals surface area (Å²) < 4.78 is 13.5. The minimum Gasteiger partial charge on any atom is -0.372 e. The highest BCUT2D eigenvalue weighted by Gasteiger charge is 2.18. The van der Waals surface area contributed by atoms with Crippen molar-refractivity contribution in [3.05, 3.63) is 65.0 Å². The van der Waals surface area contributed by atoms with Gasteiger partial charge in [-0.1, -0.05) is 12.1 Å². The van der Waals surface area contributed by atoms with Crippen molar-refractivity contribution in [2.75, 3.05) is 23.3 Å². The van der Waals surface area contributed by atoms with Gasteiger partial charge in [-0.2, -0.15) is 0 Å². The molecule has 1 N–H and O–H groups in total. The Labute approximate surface area is 180 Å². The lowest BCUT2D eigenvalue weighted by atomic mass is 10.0. The highest BCUT2D eigenvalue weighted by atomic mass is 32.1. The average molecular weight is 421 g/mol. The summed E-state index contributed by atoms with van der Waals surface area (Å²) in [5.41, 5.74) is 4.19. The number of hydrogen-bond acceptors (Lipinski definition) is 5. The number of aromatic nitrogens is 2. The van der Waals surface area contributed by atoms with Crippen molar-refractivity contribution >= 4 is 38.7 Å².